The van der Waals surface area contributed by atoms with Crippen LogP contribution in [0.25, 0.3) is 11.4 Å². The Morgan fingerprint density at radius 2 is 2.14 bits per heavy atom. The van der Waals surface area contributed by atoms with Crippen molar-refractivity contribution in [1.82, 2.24) is 14.8 Å². The van der Waals surface area contributed by atoms with Crippen LogP contribution in [0.2, 0.25) is 5.02 Å². The molecule has 2 heterocycles. The van der Waals surface area contributed by atoms with Crippen molar-refractivity contribution in [3.05, 3.63) is 51.2 Å². The van der Waals surface area contributed by atoms with Gasteiger partial charge in [0.2, 0.25) is 0 Å². The van der Waals surface area contributed by atoms with Crippen LogP contribution < -0.4 is 0 Å². The van der Waals surface area contributed by atoms with Gasteiger partial charge in [0, 0.05) is 33.1 Å². The van der Waals surface area contributed by atoms with Gasteiger partial charge in [-0.1, -0.05) is 35.5 Å². The number of hydrogen-bond acceptors (Lipinski definition) is 4. The number of nitrogens with zero attached hydrogens (tertiary/aromatic N) is 3. The van der Waals surface area contributed by atoms with E-state index in [0.29, 0.717) is 0 Å². The lowest BCUT2D eigenvalue weighted by molar-refractivity contribution is 0.687. The predicted octanol–water partition coefficient (Wildman–Crippen LogP) is 5.28. The van der Waals surface area contributed by atoms with Gasteiger partial charge in [0.1, 0.15) is 0 Å². The topological polar surface area (TPSA) is 30.7 Å². The number of halogens is 1. The molecule has 0 spiro atoms. The number of thioether (sulfide) groups is 1. The highest BCUT2D eigenvalue weighted by atomic mass is 35.5. The standard InChI is InChI=1S/C16H16ClN3S2/c1-3-20-15(13-7-11(2)21-10-13)18-19-16(20)22-9-12-5-4-6-14(17)8-12/h4-8,10H,3,9H2,1-2H3. The fourth-order valence-corrected chi connectivity index (χ4v) is 4.07. The molecule has 0 aliphatic rings. The first-order valence-corrected chi connectivity index (χ1v) is 9.27. The zero-order valence-electron chi connectivity index (χ0n) is 12.4. The SMILES string of the molecule is CCn1c(SCc2cccc(Cl)c2)nnc1-c1csc(C)c1. The average molecular weight is 350 g/mol. The van der Waals surface area contributed by atoms with Crippen LogP contribution >= 0.6 is 34.7 Å². The molecule has 0 saturated carbocycles. The lowest BCUT2D eigenvalue weighted by Gasteiger charge is -2.06. The third-order valence-electron chi connectivity index (χ3n) is 3.28. The van der Waals surface area contributed by atoms with Gasteiger partial charge in [0.05, 0.1) is 0 Å². The Labute approximate surface area is 143 Å². The maximum absolute atomic E-state index is 6.03. The smallest absolute Gasteiger partial charge is 0.191 e. The summed E-state index contributed by atoms with van der Waals surface area (Å²) in [5, 5.41) is 12.6. The molecule has 0 aliphatic carbocycles. The second-order valence-corrected chi connectivity index (χ2v) is 7.41. The minimum atomic E-state index is 0.768. The van der Waals surface area contributed by atoms with Crippen molar-refractivity contribution < 1.29 is 0 Å². The van der Waals surface area contributed by atoms with Crippen LogP contribution in [0.1, 0.15) is 17.4 Å². The number of thiophene rings is 1. The van der Waals surface area contributed by atoms with Gasteiger partial charge in [0.15, 0.2) is 11.0 Å². The van der Waals surface area contributed by atoms with Gasteiger partial charge in [-0.05, 0) is 37.6 Å². The van der Waals surface area contributed by atoms with Gasteiger partial charge in [-0.3, -0.25) is 0 Å². The maximum atomic E-state index is 6.03. The van der Waals surface area contributed by atoms with Gasteiger partial charge in [-0.2, -0.15) is 0 Å². The van der Waals surface area contributed by atoms with E-state index in [1.165, 1.54) is 10.4 Å². The molecule has 0 unspecified atom stereocenters. The minimum absolute atomic E-state index is 0.768. The van der Waals surface area contributed by atoms with Crippen LogP contribution in [-0.2, 0) is 12.3 Å². The Morgan fingerprint density at radius 3 is 2.82 bits per heavy atom. The van der Waals surface area contributed by atoms with Gasteiger partial charge < -0.3 is 4.57 Å². The molecule has 22 heavy (non-hydrogen) atoms. The van der Waals surface area contributed by atoms with E-state index in [-0.39, 0.29) is 0 Å². The second kappa shape index (κ2) is 6.86. The second-order valence-electron chi connectivity index (χ2n) is 4.92. The molecule has 0 N–H and O–H groups in total. The third-order valence-corrected chi connectivity index (χ3v) is 5.41. The molecule has 0 aliphatic heterocycles. The quantitative estimate of drug-likeness (QED) is 0.587. The summed E-state index contributed by atoms with van der Waals surface area (Å²) >= 11 is 9.46. The van der Waals surface area contributed by atoms with Crippen LogP contribution in [0.15, 0.2) is 40.9 Å². The van der Waals surface area contributed by atoms with Crippen LogP contribution in [0.4, 0.5) is 0 Å². The molecule has 3 aromatic rings. The van der Waals surface area contributed by atoms with E-state index in [4.69, 9.17) is 11.6 Å². The fourth-order valence-electron chi connectivity index (χ4n) is 2.23. The van der Waals surface area contributed by atoms with Crippen LogP contribution in [0, 0.1) is 6.92 Å². The summed E-state index contributed by atoms with van der Waals surface area (Å²) in [6.07, 6.45) is 0. The Kier molecular flexibility index (Phi) is 4.86. The number of rotatable bonds is 5. The van der Waals surface area contributed by atoms with Crippen molar-refractivity contribution in [2.24, 2.45) is 0 Å². The third kappa shape index (κ3) is 3.37. The molecular formula is C16H16ClN3S2. The summed E-state index contributed by atoms with van der Waals surface area (Å²) in [5.41, 5.74) is 2.34. The summed E-state index contributed by atoms with van der Waals surface area (Å²) in [7, 11) is 0. The molecule has 3 rings (SSSR count). The lowest BCUT2D eigenvalue weighted by atomic mass is 10.2. The fraction of sp³-hybridized carbons (Fsp3) is 0.250. The van der Waals surface area contributed by atoms with E-state index in [2.05, 4.69) is 46.1 Å². The highest BCUT2D eigenvalue weighted by Gasteiger charge is 2.14. The van der Waals surface area contributed by atoms with Crippen molar-refractivity contribution in [3.63, 3.8) is 0 Å². The first-order chi connectivity index (χ1) is 10.7. The van der Waals surface area contributed by atoms with Crippen molar-refractivity contribution >= 4 is 34.7 Å². The van der Waals surface area contributed by atoms with Gasteiger partial charge in [0.25, 0.3) is 0 Å². The van der Waals surface area contributed by atoms with E-state index in [1.54, 1.807) is 23.1 Å². The average Bonchev–Trinajstić information content (AvgIpc) is 3.10. The Bertz CT molecular complexity index is 779. The van der Waals surface area contributed by atoms with Crippen molar-refractivity contribution in [2.75, 3.05) is 0 Å². The zero-order valence-corrected chi connectivity index (χ0v) is 14.8. The van der Waals surface area contributed by atoms with Crippen molar-refractivity contribution in [3.8, 4) is 11.4 Å². The molecule has 114 valence electrons. The van der Waals surface area contributed by atoms with E-state index in [9.17, 15) is 0 Å². The summed E-state index contributed by atoms with van der Waals surface area (Å²) in [5.74, 6) is 1.78. The molecule has 0 amide bonds. The molecule has 1 aromatic carbocycles. The molecule has 2 aromatic heterocycles. The van der Waals surface area contributed by atoms with Gasteiger partial charge in [-0.15, -0.1) is 21.5 Å². The van der Waals surface area contributed by atoms with Crippen LogP contribution in [-0.4, -0.2) is 14.8 Å². The van der Waals surface area contributed by atoms with Crippen LogP contribution in [0.5, 0.6) is 0 Å². The predicted molar refractivity (Wildman–Crippen MR) is 94.8 cm³/mol. The van der Waals surface area contributed by atoms with Gasteiger partial charge in [-0.25, -0.2) is 0 Å². The summed E-state index contributed by atoms with van der Waals surface area (Å²) in [6.45, 7) is 5.08. The summed E-state index contributed by atoms with van der Waals surface area (Å²) < 4.78 is 2.16. The molecule has 3 nitrogen and oxygen atoms in total. The van der Waals surface area contributed by atoms with Crippen molar-refractivity contribution in [1.29, 1.82) is 0 Å². The largest absolute Gasteiger partial charge is 0.302 e. The Balaban J connectivity index is 1.81. The van der Waals surface area contributed by atoms with Gasteiger partial charge >= 0.3 is 0 Å². The molecule has 0 bridgehead atoms. The first-order valence-electron chi connectivity index (χ1n) is 7.03. The highest BCUT2D eigenvalue weighted by Crippen LogP contribution is 2.29. The van der Waals surface area contributed by atoms with Crippen LogP contribution in [0.3, 0.4) is 0 Å². The van der Waals surface area contributed by atoms with Crippen molar-refractivity contribution in [2.45, 2.75) is 31.3 Å². The molecule has 0 saturated heterocycles. The van der Waals surface area contributed by atoms with E-state index in [0.717, 1.165) is 33.9 Å². The highest BCUT2D eigenvalue weighted by molar-refractivity contribution is 7.98. The monoisotopic (exact) mass is 349 g/mol. The van der Waals surface area contributed by atoms with E-state index in [1.807, 2.05) is 18.2 Å². The summed E-state index contributed by atoms with van der Waals surface area (Å²) in [6, 6.07) is 10.1. The number of aromatic nitrogens is 3. The Morgan fingerprint density at radius 1 is 1.27 bits per heavy atom. The summed E-state index contributed by atoms with van der Waals surface area (Å²) in [4.78, 5) is 1.29. The Hall–Kier alpha value is -1.30. The van der Waals surface area contributed by atoms with E-state index >= 15 is 0 Å². The number of benzene rings is 1. The lowest BCUT2D eigenvalue weighted by Crippen LogP contribution is -1.99. The molecule has 6 heteroatoms. The number of aryl methyl sites for hydroxylation is 1. The normalized spacial score (nSPS) is 11.0. The maximum Gasteiger partial charge on any atom is 0.191 e. The minimum Gasteiger partial charge on any atom is -0.302 e. The first kappa shape index (κ1) is 15.6. The molecule has 0 atom stereocenters. The molecule has 0 fully saturated rings. The molecular weight excluding hydrogens is 334 g/mol. The number of hydrogen-bond donors (Lipinski definition) is 0. The molecule has 0 radical (unpaired) electrons. The van der Waals surface area contributed by atoms with E-state index < -0.39 is 0 Å². The zero-order chi connectivity index (χ0) is 15.5.